The molecule has 0 fully saturated rings. The number of ether oxygens (including phenoxy) is 2. The van der Waals surface area contributed by atoms with E-state index in [1.807, 2.05) is 0 Å². The molecule has 8 nitrogen and oxygen atoms in total. The van der Waals surface area contributed by atoms with Crippen LogP contribution in [0.2, 0.25) is 10.0 Å². The van der Waals surface area contributed by atoms with E-state index in [-0.39, 0.29) is 33.8 Å². The molecule has 2 aromatic carbocycles. The lowest BCUT2D eigenvalue weighted by Gasteiger charge is -2.18. The van der Waals surface area contributed by atoms with E-state index in [9.17, 15) is 18.4 Å². The smallest absolute Gasteiger partial charge is 0.462 e. The van der Waals surface area contributed by atoms with Crippen LogP contribution < -0.4 is 19.9 Å². The summed E-state index contributed by atoms with van der Waals surface area (Å²) in [7, 11) is 1.43. The molecule has 0 saturated heterocycles. The van der Waals surface area contributed by atoms with Crippen molar-refractivity contribution < 1.29 is 27.5 Å². The van der Waals surface area contributed by atoms with Crippen LogP contribution >= 0.6 is 23.2 Å². The van der Waals surface area contributed by atoms with E-state index in [1.165, 1.54) is 42.5 Å². The molecule has 2 aromatic heterocycles. The SMILES string of the molecule is CN(C(=O)Cn1nc(-c2cc(Cl)cc(Cl)c2)c2occc2c1=O)c1ccc2c(c1)OC(F)(F)O2. The first-order valence-electron chi connectivity index (χ1n) is 9.72. The topological polar surface area (TPSA) is 86.8 Å². The molecule has 0 aliphatic carbocycles. The van der Waals surface area contributed by atoms with Gasteiger partial charge in [0.15, 0.2) is 17.1 Å². The lowest BCUT2D eigenvalue weighted by atomic mass is 10.1. The predicted molar refractivity (Wildman–Crippen MR) is 120 cm³/mol. The van der Waals surface area contributed by atoms with Crippen LogP contribution in [-0.4, -0.2) is 29.0 Å². The number of benzene rings is 2. The number of rotatable bonds is 4. The largest absolute Gasteiger partial charge is 0.586 e. The van der Waals surface area contributed by atoms with Crippen LogP contribution in [0, 0.1) is 0 Å². The number of likely N-dealkylation sites (N-methyl/N-ethyl adjacent to an activating group) is 1. The monoisotopic (exact) mass is 507 g/mol. The first-order chi connectivity index (χ1) is 16.1. The Morgan fingerprint density at radius 1 is 1.09 bits per heavy atom. The molecule has 0 radical (unpaired) electrons. The van der Waals surface area contributed by atoms with Gasteiger partial charge in [-0.05, 0) is 36.4 Å². The van der Waals surface area contributed by atoms with Crippen molar-refractivity contribution in [2.75, 3.05) is 11.9 Å². The zero-order chi connectivity index (χ0) is 24.2. The van der Waals surface area contributed by atoms with E-state index in [0.29, 0.717) is 15.6 Å². The minimum atomic E-state index is -3.78. The van der Waals surface area contributed by atoms with Crippen molar-refractivity contribution in [3.63, 3.8) is 0 Å². The number of alkyl halides is 2. The number of aromatic nitrogens is 2. The Morgan fingerprint density at radius 2 is 1.79 bits per heavy atom. The fraction of sp³-hybridized carbons (Fsp3) is 0.136. The summed E-state index contributed by atoms with van der Waals surface area (Å²) in [6.07, 6.45) is -2.44. The second-order valence-corrected chi connectivity index (χ2v) is 8.26. The van der Waals surface area contributed by atoms with Crippen molar-refractivity contribution in [2.45, 2.75) is 12.8 Å². The van der Waals surface area contributed by atoms with Gasteiger partial charge in [0.25, 0.3) is 5.56 Å². The maximum atomic E-state index is 13.3. The Hall–Kier alpha value is -3.63. The van der Waals surface area contributed by atoms with Crippen LogP contribution in [0.3, 0.4) is 0 Å². The van der Waals surface area contributed by atoms with Crippen molar-refractivity contribution in [1.82, 2.24) is 9.78 Å². The molecule has 5 rings (SSSR count). The standard InChI is InChI=1S/C22H13Cl2F2N3O5/c1-28(14-2-3-16-17(9-14)34-22(25,26)33-16)18(30)10-29-21(31)15-4-5-32-20(15)19(27-29)11-6-12(23)8-13(24)7-11/h2-9H,10H2,1H3. The molecule has 0 saturated carbocycles. The molecule has 1 aliphatic rings. The third kappa shape index (κ3) is 3.95. The van der Waals surface area contributed by atoms with E-state index in [4.69, 9.17) is 27.6 Å². The highest BCUT2D eigenvalue weighted by molar-refractivity contribution is 6.35. The number of hydrogen-bond acceptors (Lipinski definition) is 6. The summed E-state index contributed by atoms with van der Waals surface area (Å²) in [6.45, 7) is -0.442. The van der Waals surface area contributed by atoms with Gasteiger partial charge in [-0.25, -0.2) is 4.68 Å². The number of hydrogen-bond donors (Lipinski definition) is 0. The second kappa shape index (κ2) is 8.00. The average molecular weight is 508 g/mol. The molecule has 34 heavy (non-hydrogen) atoms. The molecular weight excluding hydrogens is 495 g/mol. The summed E-state index contributed by atoms with van der Waals surface area (Å²) in [6, 6.07) is 10.1. The molecule has 1 aliphatic heterocycles. The lowest BCUT2D eigenvalue weighted by molar-refractivity contribution is -0.286. The van der Waals surface area contributed by atoms with Crippen LogP contribution in [0.15, 0.2) is 57.9 Å². The van der Waals surface area contributed by atoms with Gasteiger partial charge in [-0.1, -0.05) is 23.2 Å². The van der Waals surface area contributed by atoms with Gasteiger partial charge in [0.05, 0.1) is 11.6 Å². The zero-order valence-corrected chi connectivity index (χ0v) is 18.7. The van der Waals surface area contributed by atoms with E-state index in [1.54, 1.807) is 18.2 Å². The number of amides is 1. The molecule has 12 heteroatoms. The first-order valence-corrected chi connectivity index (χ1v) is 10.5. The Balaban J connectivity index is 1.49. The third-order valence-electron chi connectivity index (χ3n) is 5.13. The van der Waals surface area contributed by atoms with Gasteiger partial charge < -0.3 is 18.8 Å². The van der Waals surface area contributed by atoms with Crippen molar-refractivity contribution >= 4 is 45.8 Å². The molecule has 0 atom stereocenters. The van der Waals surface area contributed by atoms with Crippen molar-refractivity contribution in [3.8, 4) is 22.8 Å². The number of furan rings is 1. The van der Waals surface area contributed by atoms with Gasteiger partial charge in [0, 0.05) is 34.4 Å². The summed E-state index contributed by atoms with van der Waals surface area (Å²) >= 11 is 12.2. The fourth-order valence-electron chi connectivity index (χ4n) is 3.52. The van der Waals surface area contributed by atoms with Gasteiger partial charge in [-0.3, -0.25) is 9.59 Å². The summed E-state index contributed by atoms with van der Waals surface area (Å²) in [5, 5.41) is 5.24. The molecule has 0 unspecified atom stereocenters. The summed E-state index contributed by atoms with van der Waals surface area (Å²) in [4.78, 5) is 27.1. The molecule has 1 amide bonds. The maximum Gasteiger partial charge on any atom is 0.586 e. The van der Waals surface area contributed by atoms with Crippen LogP contribution in [0.1, 0.15) is 0 Å². The van der Waals surface area contributed by atoms with Crippen molar-refractivity contribution in [2.24, 2.45) is 0 Å². The molecule has 174 valence electrons. The zero-order valence-electron chi connectivity index (χ0n) is 17.2. The number of anilines is 1. The van der Waals surface area contributed by atoms with Crippen molar-refractivity contribution in [1.29, 1.82) is 0 Å². The van der Waals surface area contributed by atoms with Gasteiger partial charge in [0.1, 0.15) is 12.2 Å². The summed E-state index contributed by atoms with van der Waals surface area (Å²) in [5.41, 5.74) is 0.683. The number of carbonyl (C=O) groups excluding carboxylic acids is 1. The Morgan fingerprint density at radius 3 is 2.53 bits per heavy atom. The lowest BCUT2D eigenvalue weighted by Crippen LogP contribution is -2.35. The van der Waals surface area contributed by atoms with Gasteiger partial charge >= 0.3 is 6.29 Å². The normalized spacial score (nSPS) is 13.9. The van der Waals surface area contributed by atoms with Gasteiger partial charge in [-0.15, -0.1) is 8.78 Å². The van der Waals surface area contributed by atoms with E-state index < -0.39 is 24.3 Å². The molecule has 0 bridgehead atoms. The van der Waals surface area contributed by atoms with Gasteiger partial charge in [-0.2, -0.15) is 5.10 Å². The second-order valence-electron chi connectivity index (χ2n) is 7.38. The minimum absolute atomic E-state index is 0.150. The van der Waals surface area contributed by atoms with E-state index in [0.717, 1.165) is 4.68 Å². The highest BCUT2D eigenvalue weighted by atomic mass is 35.5. The number of carbonyl (C=O) groups is 1. The number of halogens is 4. The molecule has 0 spiro atoms. The quantitative estimate of drug-likeness (QED) is 0.388. The first kappa shape index (κ1) is 22.2. The fourth-order valence-corrected chi connectivity index (χ4v) is 4.05. The predicted octanol–water partition coefficient (Wildman–Crippen LogP) is 4.95. The van der Waals surface area contributed by atoms with Crippen LogP contribution in [0.4, 0.5) is 14.5 Å². The summed E-state index contributed by atoms with van der Waals surface area (Å²) < 4.78 is 41.8. The molecule has 3 heterocycles. The molecule has 4 aromatic rings. The highest BCUT2D eigenvalue weighted by Crippen LogP contribution is 2.42. The Labute approximate surface area is 199 Å². The molecule has 0 N–H and O–H groups in total. The van der Waals surface area contributed by atoms with Crippen LogP contribution in [0.25, 0.3) is 22.2 Å². The highest BCUT2D eigenvalue weighted by Gasteiger charge is 2.43. The number of nitrogens with zero attached hydrogens (tertiary/aromatic N) is 3. The Kier molecular flexibility index (Phi) is 5.22. The Bertz CT molecular complexity index is 1500. The third-order valence-corrected chi connectivity index (χ3v) is 5.57. The maximum absolute atomic E-state index is 13.3. The number of fused-ring (bicyclic) bond motifs is 2. The van der Waals surface area contributed by atoms with Crippen LogP contribution in [-0.2, 0) is 11.3 Å². The van der Waals surface area contributed by atoms with Gasteiger partial charge in [0.2, 0.25) is 5.91 Å². The van der Waals surface area contributed by atoms with E-state index >= 15 is 0 Å². The summed E-state index contributed by atoms with van der Waals surface area (Å²) in [5.74, 6) is -0.904. The average Bonchev–Trinajstić information content (AvgIpc) is 3.37. The van der Waals surface area contributed by atoms with E-state index in [2.05, 4.69) is 14.6 Å². The van der Waals surface area contributed by atoms with Crippen molar-refractivity contribution in [3.05, 3.63) is 69.1 Å². The minimum Gasteiger partial charge on any atom is -0.462 e. The van der Waals surface area contributed by atoms with Crippen LogP contribution in [0.5, 0.6) is 11.5 Å². The molecular formula is C22H13Cl2F2N3O5.